The van der Waals surface area contributed by atoms with Crippen LogP contribution in [0.15, 0.2) is 33.5 Å². The third-order valence-electron chi connectivity index (χ3n) is 6.96. The Kier molecular flexibility index (Phi) is 6.03. The van der Waals surface area contributed by atoms with E-state index in [1.165, 1.54) is 19.6 Å². The van der Waals surface area contributed by atoms with E-state index in [-0.39, 0.29) is 25.0 Å². The van der Waals surface area contributed by atoms with Crippen molar-refractivity contribution in [3.8, 4) is 5.75 Å². The molecule has 0 bridgehead atoms. The minimum Gasteiger partial charge on any atom is -0.497 e. The maximum atomic E-state index is 12.7. The Morgan fingerprint density at radius 2 is 2.00 bits per heavy atom. The first-order valence-corrected chi connectivity index (χ1v) is 10.9. The zero-order valence-corrected chi connectivity index (χ0v) is 18.3. The minimum atomic E-state index is -0.519. The van der Waals surface area contributed by atoms with Crippen molar-refractivity contribution < 1.29 is 23.5 Å². The zero-order chi connectivity index (χ0) is 22.1. The normalized spacial score (nSPS) is 26.3. The Balaban J connectivity index is 1.44. The second kappa shape index (κ2) is 8.73. The summed E-state index contributed by atoms with van der Waals surface area (Å²) in [5.74, 6) is 0.741. The van der Waals surface area contributed by atoms with Crippen LogP contribution in [0.3, 0.4) is 0 Å². The number of ether oxygens (including phenoxy) is 2. The molecule has 7 heteroatoms. The minimum absolute atomic E-state index is 0.0331. The van der Waals surface area contributed by atoms with E-state index in [2.05, 4.69) is 13.8 Å². The number of methoxy groups -OCH3 is 1. The number of hydrogen-bond donors (Lipinski definition) is 0. The Labute approximate surface area is 181 Å². The first-order valence-electron chi connectivity index (χ1n) is 10.9. The van der Waals surface area contributed by atoms with Gasteiger partial charge in [0.05, 0.1) is 13.0 Å². The molecular formula is C24H29NO6. The summed E-state index contributed by atoms with van der Waals surface area (Å²) in [7, 11) is 1.53. The molecule has 1 aliphatic heterocycles. The zero-order valence-electron chi connectivity index (χ0n) is 18.3. The molecule has 0 N–H and O–H groups in total. The molecule has 1 saturated heterocycles. The summed E-state index contributed by atoms with van der Waals surface area (Å²) in [5.41, 5.74) is 0.424. The van der Waals surface area contributed by atoms with Crippen LogP contribution in [-0.2, 0) is 20.9 Å². The molecular weight excluding hydrogens is 398 g/mol. The first kappa shape index (κ1) is 21.4. The van der Waals surface area contributed by atoms with Gasteiger partial charge in [0.2, 0.25) is 5.91 Å². The Hall–Kier alpha value is -2.83. The summed E-state index contributed by atoms with van der Waals surface area (Å²) in [6, 6.07) is 6.69. The molecule has 0 spiro atoms. The van der Waals surface area contributed by atoms with E-state index in [9.17, 15) is 14.4 Å². The number of amides is 1. The van der Waals surface area contributed by atoms with E-state index in [1.54, 1.807) is 18.2 Å². The lowest BCUT2D eigenvalue weighted by molar-refractivity contribution is -0.149. The third kappa shape index (κ3) is 4.31. The van der Waals surface area contributed by atoms with Gasteiger partial charge in [0.25, 0.3) is 0 Å². The molecule has 0 radical (unpaired) electrons. The number of fused-ring (bicyclic) bond motifs is 1. The van der Waals surface area contributed by atoms with Crippen LogP contribution in [-0.4, -0.2) is 36.5 Å². The second-order valence-corrected chi connectivity index (χ2v) is 8.84. The molecule has 7 nitrogen and oxygen atoms in total. The molecule has 166 valence electrons. The Morgan fingerprint density at radius 3 is 2.77 bits per heavy atom. The summed E-state index contributed by atoms with van der Waals surface area (Å²) >= 11 is 0. The smallest absolute Gasteiger partial charge is 0.336 e. The summed E-state index contributed by atoms with van der Waals surface area (Å²) in [4.78, 5) is 39.2. The molecule has 1 saturated carbocycles. The number of nitrogens with zero attached hydrogens (tertiary/aromatic N) is 1. The van der Waals surface area contributed by atoms with Crippen molar-refractivity contribution >= 4 is 22.8 Å². The maximum Gasteiger partial charge on any atom is 0.336 e. The SMILES string of the molecule is COc1ccc2c(COC(=O)C3CC(=O)N(C4CCCC(C)C4C)C3)cc(=O)oc2c1. The molecule has 2 aromatic rings. The van der Waals surface area contributed by atoms with Crippen LogP contribution >= 0.6 is 0 Å². The molecule has 2 heterocycles. The highest BCUT2D eigenvalue weighted by Gasteiger charge is 2.42. The number of esters is 1. The van der Waals surface area contributed by atoms with Crippen LogP contribution in [0.25, 0.3) is 11.0 Å². The van der Waals surface area contributed by atoms with Crippen molar-refractivity contribution in [2.24, 2.45) is 17.8 Å². The fraction of sp³-hybridized carbons (Fsp3) is 0.542. The lowest BCUT2D eigenvalue weighted by Gasteiger charge is -2.39. The Morgan fingerprint density at radius 1 is 1.19 bits per heavy atom. The van der Waals surface area contributed by atoms with Crippen molar-refractivity contribution in [1.82, 2.24) is 4.90 Å². The van der Waals surface area contributed by atoms with E-state index >= 15 is 0 Å². The van der Waals surface area contributed by atoms with Crippen LogP contribution in [0, 0.1) is 17.8 Å². The quantitative estimate of drug-likeness (QED) is 0.536. The maximum absolute atomic E-state index is 12.7. The lowest BCUT2D eigenvalue weighted by atomic mass is 9.77. The Bertz CT molecular complexity index is 1040. The van der Waals surface area contributed by atoms with E-state index < -0.39 is 17.5 Å². The van der Waals surface area contributed by atoms with Gasteiger partial charge in [-0.3, -0.25) is 9.59 Å². The number of benzene rings is 1. The number of likely N-dealkylation sites (tertiary alicyclic amines) is 1. The summed E-state index contributed by atoms with van der Waals surface area (Å²) in [6.45, 7) is 4.80. The number of hydrogen-bond acceptors (Lipinski definition) is 6. The number of rotatable bonds is 5. The van der Waals surface area contributed by atoms with E-state index in [1.807, 2.05) is 4.90 Å². The van der Waals surface area contributed by atoms with Gasteiger partial charge in [-0.05, 0) is 30.4 Å². The molecule has 31 heavy (non-hydrogen) atoms. The molecule has 4 rings (SSSR count). The van der Waals surface area contributed by atoms with Crippen LogP contribution in [0.4, 0.5) is 0 Å². The molecule has 4 unspecified atom stereocenters. The molecule has 2 aliphatic rings. The van der Waals surface area contributed by atoms with Gasteiger partial charge in [0.1, 0.15) is 17.9 Å². The van der Waals surface area contributed by atoms with Crippen molar-refractivity contribution in [2.75, 3.05) is 13.7 Å². The molecule has 4 atom stereocenters. The van der Waals surface area contributed by atoms with Crippen LogP contribution in [0.2, 0.25) is 0 Å². The van der Waals surface area contributed by atoms with Gasteiger partial charge in [-0.25, -0.2) is 4.79 Å². The molecule has 1 aromatic carbocycles. The van der Waals surface area contributed by atoms with Gasteiger partial charge < -0.3 is 18.8 Å². The molecule has 2 fully saturated rings. The second-order valence-electron chi connectivity index (χ2n) is 8.84. The lowest BCUT2D eigenvalue weighted by Crippen LogP contribution is -2.45. The molecule has 1 aromatic heterocycles. The van der Waals surface area contributed by atoms with Crippen molar-refractivity contribution in [2.45, 2.75) is 52.2 Å². The van der Waals surface area contributed by atoms with Gasteiger partial charge in [0.15, 0.2) is 0 Å². The number of carbonyl (C=O) groups excluding carboxylic acids is 2. The average molecular weight is 427 g/mol. The van der Waals surface area contributed by atoms with Crippen molar-refractivity contribution in [3.63, 3.8) is 0 Å². The van der Waals surface area contributed by atoms with Gasteiger partial charge in [0, 0.05) is 42.1 Å². The van der Waals surface area contributed by atoms with Crippen LogP contribution in [0.5, 0.6) is 5.75 Å². The van der Waals surface area contributed by atoms with E-state index in [4.69, 9.17) is 13.9 Å². The standard InChI is InChI=1S/C24H29NO6/c1-14-5-4-6-20(15(14)2)25-12-16(9-22(25)26)24(28)30-13-17-10-23(27)31-21-11-18(29-3)7-8-19(17)21/h7-8,10-11,14-16,20H,4-6,9,12-13H2,1-3H3. The van der Waals surface area contributed by atoms with Gasteiger partial charge >= 0.3 is 11.6 Å². The van der Waals surface area contributed by atoms with Crippen molar-refractivity contribution in [3.05, 3.63) is 40.2 Å². The highest BCUT2D eigenvalue weighted by atomic mass is 16.5. The van der Waals surface area contributed by atoms with Crippen LogP contribution < -0.4 is 10.4 Å². The monoisotopic (exact) mass is 427 g/mol. The first-order chi connectivity index (χ1) is 14.9. The highest BCUT2D eigenvalue weighted by Crippen LogP contribution is 2.36. The van der Waals surface area contributed by atoms with Crippen LogP contribution in [0.1, 0.15) is 45.1 Å². The summed E-state index contributed by atoms with van der Waals surface area (Å²) in [5, 5.41) is 0.683. The predicted molar refractivity (Wildman–Crippen MR) is 115 cm³/mol. The van der Waals surface area contributed by atoms with E-state index in [0.717, 1.165) is 12.8 Å². The van der Waals surface area contributed by atoms with E-state index in [0.29, 0.717) is 40.7 Å². The summed E-state index contributed by atoms with van der Waals surface area (Å²) in [6.07, 6.45) is 3.49. The van der Waals surface area contributed by atoms with Gasteiger partial charge in [-0.1, -0.05) is 26.7 Å². The molecule has 1 amide bonds. The highest BCUT2D eigenvalue weighted by molar-refractivity contribution is 5.87. The molecule has 1 aliphatic carbocycles. The topological polar surface area (TPSA) is 86.0 Å². The summed E-state index contributed by atoms with van der Waals surface area (Å²) < 4.78 is 15.9. The average Bonchev–Trinajstić information content (AvgIpc) is 3.14. The fourth-order valence-electron chi connectivity index (χ4n) is 4.93. The fourth-order valence-corrected chi connectivity index (χ4v) is 4.93. The third-order valence-corrected chi connectivity index (χ3v) is 6.96. The largest absolute Gasteiger partial charge is 0.497 e. The van der Waals surface area contributed by atoms with Gasteiger partial charge in [-0.2, -0.15) is 0 Å². The van der Waals surface area contributed by atoms with Crippen molar-refractivity contribution in [1.29, 1.82) is 0 Å². The predicted octanol–water partition coefficient (Wildman–Crippen LogP) is 3.52. The number of carbonyl (C=O) groups is 2. The van der Waals surface area contributed by atoms with Gasteiger partial charge in [-0.15, -0.1) is 0 Å².